The first-order valence-corrected chi connectivity index (χ1v) is 9.34. The van der Waals surface area contributed by atoms with Crippen molar-refractivity contribution in [1.82, 2.24) is 15.3 Å². The number of amides is 1. The second-order valence-electron chi connectivity index (χ2n) is 5.59. The number of carbonyl (C=O) groups excluding carboxylic acids is 1. The number of aromatic nitrogens is 2. The van der Waals surface area contributed by atoms with E-state index in [1.54, 1.807) is 41.8 Å². The van der Waals surface area contributed by atoms with Crippen LogP contribution in [0.2, 0.25) is 5.02 Å². The molecule has 2 heterocycles. The van der Waals surface area contributed by atoms with Crippen molar-refractivity contribution in [1.29, 1.82) is 0 Å². The molecule has 0 atom stereocenters. The van der Waals surface area contributed by atoms with Crippen LogP contribution in [0.25, 0.3) is 10.7 Å². The number of halogens is 1. The Kier molecular flexibility index (Phi) is 6.20. The molecule has 3 aromatic rings. The van der Waals surface area contributed by atoms with Gasteiger partial charge in [-0.1, -0.05) is 17.7 Å². The van der Waals surface area contributed by atoms with Crippen LogP contribution < -0.4 is 10.1 Å². The SMILES string of the molecule is Cc1nc(-c2ccccn2)sc1CCNC(=O)COc1ccc(Cl)cc1. The third-order valence-corrected chi connectivity index (χ3v) is 5.13. The minimum atomic E-state index is -0.160. The van der Waals surface area contributed by atoms with E-state index in [0.29, 0.717) is 17.3 Å². The number of carbonyl (C=O) groups is 1. The van der Waals surface area contributed by atoms with Gasteiger partial charge in [-0.15, -0.1) is 11.3 Å². The van der Waals surface area contributed by atoms with Crippen molar-refractivity contribution in [3.05, 3.63) is 64.3 Å². The third kappa shape index (κ3) is 5.03. The normalized spacial score (nSPS) is 10.5. The van der Waals surface area contributed by atoms with Gasteiger partial charge in [0.1, 0.15) is 10.8 Å². The zero-order valence-corrected chi connectivity index (χ0v) is 15.8. The van der Waals surface area contributed by atoms with Gasteiger partial charge >= 0.3 is 0 Å². The average Bonchev–Trinajstić information content (AvgIpc) is 3.03. The van der Waals surface area contributed by atoms with Crippen LogP contribution in [-0.2, 0) is 11.2 Å². The van der Waals surface area contributed by atoms with E-state index in [9.17, 15) is 4.79 Å². The Morgan fingerprint density at radius 3 is 2.77 bits per heavy atom. The van der Waals surface area contributed by atoms with Gasteiger partial charge < -0.3 is 10.1 Å². The van der Waals surface area contributed by atoms with Crippen LogP contribution in [-0.4, -0.2) is 29.0 Å². The van der Waals surface area contributed by atoms with E-state index in [4.69, 9.17) is 16.3 Å². The van der Waals surface area contributed by atoms with Crippen molar-refractivity contribution in [2.75, 3.05) is 13.2 Å². The lowest BCUT2D eigenvalue weighted by Crippen LogP contribution is -2.30. The summed E-state index contributed by atoms with van der Waals surface area (Å²) in [7, 11) is 0. The van der Waals surface area contributed by atoms with E-state index in [2.05, 4.69) is 15.3 Å². The van der Waals surface area contributed by atoms with E-state index in [1.807, 2.05) is 25.1 Å². The number of pyridine rings is 1. The molecule has 0 spiro atoms. The molecule has 7 heteroatoms. The zero-order chi connectivity index (χ0) is 18.4. The summed E-state index contributed by atoms with van der Waals surface area (Å²) < 4.78 is 5.42. The molecule has 134 valence electrons. The fourth-order valence-electron chi connectivity index (χ4n) is 2.30. The summed E-state index contributed by atoms with van der Waals surface area (Å²) in [6.07, 6.45) is 2.48. The topological polar surface area (TPSA) is 64.1 Å². The Morgan fingerprint density at radius 1 is 1.23 bits per heavy atom. The first-order valence-electron chi connectivity index (χ1n) is 8.14. The van der Waals surface area contributed by atoms with Crippen molar-refractivity contribution in [3.8, 4) is 16.5 Å². The maximum absolute atomic E-state index is 11.9. The maximum atomic E-state index is 11.9. The second kappa shape index (κ2) is 8.78. The summed E-state index contributed by atoms with van der Waals surface area (Å²) in [6.45, 7) is 2.49. The number of nitrogens with one attached hydrogen (secondary N) is 1. The molecule has 0 saturated carbocycles. The number of thiazole rings is 1. The van der Waals surface area contributed by atoms with Crippen LogP contribution in [0.5, 0.6) is 5.75 Å². The Bertz CT molecular complexity index is 866. The highest BCUT2D eigenvalue weighted by Crippen LogP contribution is 2.26. The molecule has 5 nitrogen and oxygen atoms in total. The van der Waals surface area contributed by atoms with Gasteiger partial charge in [-0.05, 0) is 43.3 Å². The molecule has 2 aromatic heterocycles. The molecule has 1 N–H and O–H groups in total. The highest BCUT2D eigenvalue weighted by Gasteiger charge is 2.10. The summed E-state index contributed by atoms with van der Waals surface area (Å²) in [6, 6.07) is 12.7. The lowest BCUT2D eigenvalue weighted by atomic mass is 10.3. The Morgan fingerprint density at radius 2 is 2.04 bits per heavy atom. The molecule has 0 bridgehead atoms. The van der Waals surface area contributed by atoms with Crippen LogP contribution in [0.1, 0.15) is 10.6 Å². The number of nitrogens with zero attached hydrogens (tertiary/aromatic N) is 2. The molecule has 0 aliphatic heterocycles. The first kappa shape index (κ1) is 18.4. The van der Waals surface area contributed by atoms with Gasteiger partial charge in [0, 0.05) is 29.1 Å². The van der Waals surface area contributed by atoms with Crippen LogP contribution >= 0.6 is 22.9 Å². The number of rotatable bonds is 7. The summed E-state index contributed by atoms with van der Waals surface area (Å²) in [4.78, 5) is 21.9. The molecule has 0 aliphatic rings. The van der Waals surface area contributed by atoms with E-state index in [1.165, 1.54) is 0 Å². The standard InChI is InChI=1S/C19H18ClN3O2S/c1-13-17(26-19(23-13)16-4-2-3-10-21-16)9-11-22-18(24)12-25-15-7-5-14(20)6-8-15/h2-8,10H,9,11-12H2,1H3,(H,22,24). The van der Waals surface area contributed by atoms with Gasteiger partial charge in [0.25, 0.3) is 5.91 Å². The molecule has 1 amide bonds. The summed E-state index contributed by atoms with van der Waals surface area (Å²) in [5.41, 5.74) is 1.84. The molecular formula is C19H18ClN3O2S. The average molecular weight is 388 g/mol. The van der Waals surface area contributed by atoms with Gasteiger partial charge in [-0.25, -0.2) is 4.98 Å². The highest BCUT2D eigenvalue weighted by atomic mass is 35.5. The van der Waals surface area contributed by atoms with Crippen molar-refractivity contribution in [3.63, 3.8) is 0 Å². The number of hydrogen-bond donors (Lipinski definition) is 1. The van der Waals surface area contributed by atoms with Crippen LogP contribution in [0.15, 0.2) is 48.7 Å². The largest absolute Gasteiger partial charge is 0.484 e. The predicted molar refractivity (Wildman–Crippen MR) is 104 cm³/mol. The Hall–Kier alpha value is -2.44. The molecule has 0 aliphatic carbocycles. The first-order chi connectivity index (χ1) is 12.6. The molecule has 1 aromatic carbocycles. The molecule has 3 rings (SSSR count). The fraction of sp³-hybridized carbons (Fsp3) is 0.211. The van der Waals surface area contributed by atoms with E-state index in [0.717, 1.165) is 27.7 Å². The fourth-order valence-corrected chi connectivity index (χ4v) is 3.47. The van der Waals surface area contributed by atoms with Gasteiger partial charge in [0.15, 0.2) is 6.61 Å². The lowest BCUT2D eigenvalue weighted by molar-refractivity contribution is -0.123. The van der Waals surface area contributed by atoms with Crippen LogP contribution in [0.4, 0.5) is 0 Å². The van der Waals surface area contributed by atoms with Crippen LogP contribution in [0.3, 0.4) is 0 Å². The minimum Gasteiger partial charge on any atom is -0.484 e. The highest BCUT2D eigenvalue weighted by molar-refractivity contribution is 7.15. The minimum absolute atomic E-state index is 0.0253. The quantitative estimate of drug-likeness (QED) is 0.667. The number of benzene rings is 1. The van der Waals surface area contributed by atoms with E-state index >= 15 is 0 Å². The van der Waals surface area contributed by atoms with Crippen LogP contribution in [0, 0.1) is 6.92 Å². The van der Waals surface area contributed by atoms with Crippen molar-refractivity contribution >= 4 is 28.8 Å². The van der Waals surface area contributed by atoms with Crippen molar-refractivity contribution in [2.45, 2.75) is 13.3 Å². The van der Waals surface area contributed by atoms with Crippen molar-refractivity contribution in [2.24, 2.45) is 0 Å². The number of hydrogen-bond acceptors (Lipinski definition) is 5. The van der Waals surface area contributed by atoms with Gasteiger partial charge in [0.2, 0.25) is 0 Å². The lowest BCUT2D eigenvalue weighted by Gasteiger charge is -2.07. The number of aryl methyl sites for hydroxylation is 1. The molecule has 0 fully saturated rings. The molecular weight excluding hydrogens is 370 g/mol. The maximum Gasteiger partial charge on any atom is 0.257 e. The van der Waals surface area contributed by atoms with Gasteiger partial charge in [0.05, 0.1) is 11.4 Å². The molecule has 0 unspecified atom stereocenters. The predicted octanol–water partition coefficient (Wildman–Crippen LogP) is 3.90. The summed E-state index contributed by atoms with van der Waals surface area (Å²) >= 11 is 7.42. The summed E-state index contributed by atoms with van der Waals surface area (Å²) in [5, 5.41) is 4.39. The Labute approximate surface area is 161 Å². The molecule has 26 heavy (non-hydrogen) atoms. The number of ether oxygens (including phenoxy) is 1. The Balaban J connectivity index is 1.46. The smallest absolute Gasteiger partial charge is 0.257 e. The van der Waals surface area contributed by atoms with E-state index in [-0.39, 0.29) is 12.5 Å². The van der Waals surface area contributed by atoms with E-state index < -0.39 is 0 Å². The van der Waals surface area contributed by atoms with Gasteiger partial charge in [-0.2, -0.15) is 0 Å². The van der Waals surface area contributed by atoms with Gasteiger partial charge in [-0.3, -0.25) is 9.78 Å². The van der Waals surface area contributed by atoms with Crippen molar-refractivity contribution < 1.29 is 9.53 Å². The molecule has 0 saturated heterocycles. The third-order valence-electron chi connectivity index (χ3n) is 3.63. The summed E-state index contributed by atoms with van der Waals surface area (Å²) in [5.74, 6) is 0.454. The monoisotopic (exact) mass is 387 g/mol. The molecule has 0 radical (unpaired) electrons. The zero-order valence-electron chi connectivity index (χ0n) is 14.2. The second-order valence-corrected chi connectivity index (χ2v) is 7.11.